The second kappa shape index (κ2) is 3.78. The molecule has 0 atom stereocenters. The molecule has 1 aromatic rings. The van der Waals surface area contributed by atoms with Gasteiger partial charge in [0, 0.05) is 6.20 Å². The lowest BCUT2D eigenvalue weighted by molar-refractivity contribution is 0.141. The summed E-state index contributed by atoms with van der Waals surface area (Å²) in [6.07, 6.45) is -2.45. The molecular weight excluding hydrogens is 233 g/mol. The number of alkyl halides is 2. The van der Waals surface area contributed by atoms with Crippen LogP contribution in [0, 0.1) is 12.9 Å². The molecule has 1 rings (SSSR count). The summed E-state index contributed by atoms with van der Waals surface area (Å²) in [5.41, 5.74) is -1.40. The summed E-state index contributed by atoms with van der Waals surface area (Å²) < 4.78 is 59.7. The summed E-state index contributed by atoms with van der Waals surface area (Å²) in [5, 5.41) is 4.71. The molecule has 0 bridgehead atoms. The van der Waals surface area contributed by atoms with Gasteiger partial charge in [-0.3, -0.25) is 0 Å². The third-order valence-corrected chi connectivity index (χ3v) is 2.81. The summed E-state index contributed by atoms with van der Waals surface area (Å²) in [5.74, 6) is -1.53. The molecule has 0 radical (unpaired) electrons. The van der Waals surface area contributed by atoms with Gasteiger partial charge < -0.3 is 0 Å². The van der Waals surface area contributed by atoms with Gasteiger partial charge in [0.2, 0.25) is 16.0 Å². The highest BCUT2D eigenvalue weighted by atomic mass is 32.2. The van der Waals surface area contributed by atoms with Crippen LogP contribution in [0.25, 0.3) is 0 Å². The summed E-state index contributed by atoms with van der Waals surface area (Å²) >= 11 is 0. The van der Waals surface area contributed by atoms with Crippen molar-refractivity contribution < 1.29 is 21.6 Å². The van der Waals surface area contributed by atoms with E-state index in [2.05, 4.69) is 4.98 Å². The van der Waals surface area contributed by atoms with Crippen LogP contribution in [-0.2, 0) is 10.0 Å². The van der Waals surface area contributed by atoms with Crippen LogP contribution in [0.1, 0.15) is 17.6 Å². The maximum absolute atomic E-state index is 12.9. The molecule has 2 N–H and O–H groups in total. The summed E-state index contributed by atoms with van der Waals surface area (Å²) in [6.45, 7) is 1.21. The van der Waals surface area contributed by atoms with E-state index >= 15 is 0 Å². The molecule has 15 heavy (non-hydrogen) atoms. The predicted octanol–water partition coefficient (Wildman–Crippen LogP) is 1.11. The number of nitrogens with zero attached hydrogens (tertiary/aromatic N) is 1. The minimum absolute atomic E-state index is 0.116. The first-order chi connectivity index (χ1) is 6.75. The van der Waals surface area contributed by atoms with Gasteiger partial charge in [0.05, 0.1) is 10.5 Å². The molecule has 0 aliphatic rings. The average Bonchev–Trinajstić information content (AvgIpc) is 2.05. The van der Waals surface area contributed by atoms with Gasteiger partial charge in [0.25, 0.3) is 6.43 Å². The highest BCUT2D eigenvalue weighted by Crippen LogP contribution is 2.29. The molecule has 84 valence electrons. The van der Waals surface area contributed by atoms with Crippen LogP contribution in [0.3, 0.4) is 0 Å². The van der Waals surface area contributed by atoms with Crippen molar-refractivity contribution in [3.8, 4) is 0 Å². The van der Waals surface area contributed by atoms with E-state index in [1.54, 1.807) is 0 Å². The molecular formula is C7H7F3N2O2S. The Labute approximate surface area is 84.0 Å². The highest BCUT2D eigenvalue weighted by Gasteiger charge is 2.27. The average molecular weight is 240 g/mol. The molecule has 0 saturated carbocycles. The first-order valence-corrected chi connectivity index (χ1v) is 5.25. The lowest BCUT2D eigenvalue weighted by Crippen LogP contribution is -2.18. The second-order valence-electron chi connectivity index (χ2n) is 2.82. The number of sulfonamides is 1. The Morgan fingerprint density at radius 2 is 2.00 bits per heavy atom. The zero-order valence-corrected chi connectivity index (χ0v) is 8.35. The molecule has 4 nitrogen and oxygen atoms in total. The molecule has 0 spiro atoms. The van der Waals surface area contributed by atoms with Crippen LogP contribution in [0.5, 0.6) is 0 Å². The van der Waals surface area contributed by atoms with E-state index in [9.17, 15) is 21.6 Å². The topological polar surface area (TPSA) is 73.0 Å². The van der Waals surface area contributed by atoms with Gasteiger partial charge in [0.1, 0.15) is 0 Å². The van der Waals surface area contributed by atoms with Crippen LogP contribution in [0.4, 0.5) is 13.2 Å². The molecule has 1 aromatic heterocycles. The van der Waals surface area contributed by atoms with E-state index in [1.807, 2.05) is 0 Å². The molecule has 0 aliphatic carbocycles. The summed E-state index contributed by atoms with van der Waals surface area (Å²) in [4.78, 5) is 2.11. The first-order valence-electron chi connectivity index (χ1n) is 3.71. The van der Waals surface area contributed by atoms with Crippen LogP contribution in [-0.4, -0.2) is 13.4 Å². The molecule has 0 aliphatic heterocycles. The highest BCUT2D eigenvalue weighted by molar-refractivity contribution is 7.89. The van der Waals surface area contributed by atoms with E-state index in [0.29, 0.717) is 0 Å². The smallest absolute Gasteiger partial charge is 0.228 e. The number of hydrogen-bond donors (Lipinski definition) is 1. The first kappa shape index (κ1) is 11.9. The number of pyridine rings is 1. The molecule has 8 heteroatoms. The summed E-state index contributed by atoms with van der Waals surface area (Å²) in [6, 6.07) is 0. The largest absolute Gasteiger partial charge is 0.269 e. The Hall–Kier alpha value is -1.15. The number of primary sulfonamides is 1. The van der Waals surface area contributed by atoms with E-state index in [4.69, 9.17) is 5.14 Å². The van der Waals surface area contributed by atoms with Crippen LogP contribution in [0.2, 0.25) is 0 Å². The van der Waals surface area contributed by atoms with Crippen molar-refractivity contribution in [3.05, 3.63) is 23.3 Å². The Morgan fingerprint density at radius 3 is 2.33 bits per heavy atom. The maximum Gasteiger partial charge on any atom is 0.269 e. The van der Waals surface area contributed by atoms with Gasteiger partial charge in [-0.15, -0.1) is 0 Å². The lowest BCUT2D eigenvalue weighted by atomic mass is 10.2. The SMILES string of the molecule is Cc1cnc(F)c(C(F)F)c1S(N)(=O)=O. The third-order valence-electron chi connectivity index (χ3n) is 1.70. The number of nitrogens with two attached hydrogens (primary N) is 1. The fourth-order valence-corrected chi connectivity index (χ4v) is 2.14. The normalized spacial score (nSPS) is 12.1. The van der Waals surface area contributed by atoms with E-state index in [1.165, 1.54) is 6.92 Å². The number of aromatic nitrogens is 1. The van der Waals surface area contributed by atoms with E-state index < -0.39 is 32.9 Å². The number of hydrogen-bond acceptors (Lipinski definition) is 3. The minimum Gasteiger partial charge on any atom is -0.228 e. The Morgan fingerprint density at radius 1 is 1.47 bits per heavy atom. The molecule has 0 unspecified atom stereocenters. The van der Waals surface area contributed by atoms with Crippen molar-refractivity contribution in [2.24, 2.45) is 5.14 Å². The van der Waals surface area contributed by atoms with Gasteiger partial charge in [-0.1, -0.05) is 0 Å². The van der Waals surface area contributed by atoms with Crippen molar-refractivity contribution in [2.75, 3.05) is 0 Å². The van der Waals surface area contributed by atoms with Gasteiger partial charge in [0.15, 0.2) is 0 Å². The molecule has 1 heterocycles. The van der Waals surface area contributed by atoms with Gasteiger partial charge >= 0.3 is 0 Å². The fraction of sp³-hybridized carbons (Fsp3) is 0.286. The van der Waals surface area contributed by atoms with E-state index in [-0.39, 0.29) is 5.56 Å². The van der Waals surface area contributed by atoms with Crippen LogP contribution in [0.15, 0.2) is 11.1 Å². The quantitative estimate of drug-likeness (QED) is 0.787. The Balaban J connectivity index is 3.68. The van der Waals surface area contributed by atoms with E-state index in [0.717, 1.165) is 6.20 Å². The summed E-state index contributed by atoms with van der Waals surface area (Å²) in [7, 11) is -4.39. The van der Waals surface area contributed by atoms with Crippen molar-refractivity contribution in [1.82, 2.24) is 4.98 Å². The monoisotopic (exact) mass is 240 g/mol. The predicted molar refractivity (Wildman–Crippen MR) is 45.3 cm³/mol. The van der Waals surface area contributed by atoms with Crippen LogP contribution < -0.4 is 5.14 Å². The maximum atomic E-state index is 12.9. The fourth-order valence-electron chi connectivity index (χ4n) is 1.15. The molecule has 0 amide bonds. The minimum atomic E-state index is -4.39. The molecule has 0 saturated heterocycles. The van der Waals surface area contributed by atoms with Crippen LogP contribution >= 0.6 is 0 Å². The second-order valence-corrected chi connectivity index (χ2v) is 4.32. The van der Waals surface area contributed by atoms with Gasteiger partial charge in [-0.05, 0) is 12.5 Å². The number of rotatable bonds is 2. The standard InChI is InChI=1S/C7H7F3N2O2S/c1-3-2-12-7(10)4(6(8)9)5(3)15(11,13)14/h2,6H,1H3,(H2,11,13,14). The van der Waals surface area contributed by atoms with Crippen molar-refractivity contribution in [2.45, 2.75) is 18.2 Å². The third kappa shape index (κ3) is 2.26. The molecule has 0 aromatic carbocycles. The number of halogens is 3. The van der Waals surface area contributed by atoms with Gasteiger partial charge in [-0.2, -0.15) is 4.39 Å². The van der Waals surface area contributed by atoms with Gasteiger partial charge in [-0.25, -0.2) is 27.3 Å². The zero-order chi connectivity index (χ0) is 11.8. The zero-order valence-electron chi connectivity index (χ0n) is 7.54. The number of aryl methyl sites for hydroxylation is 1. The Kier molecular flexibility index (Phi) is 3.00. The Bertz CT molecular complexity index is 487. The van der Waals surface area contributed by atoms with Crippen molar-refractivity contribution >= 4 is 10.0 Å². The van der Waals surface area contributed by atoms with Crippen molar-refractivity contribution in [1.29, 1.82) is 0 Å². The lowest BCUT2D eigenvalue weighted by Gasteiger charge is -2.09. The van der Waals surface area contributed by atoms with Crippen molar-refractivity contribution in [3.63, 3.8) is 0 Å². The molecule has 0 fully saturated rings.